The van der Waals surface area contributed by atoms with Gasteiger partial charge in [-0.05, 0) is 28.7 Å². The SMILES string of the molecule is C1=CC=C2C(=CCc3ccccc32)C=C1. The molecule has 3 rings (SSSR count). The zero-order valence-electron chi connectivity index (χ0n) is 8.48. The average molecular weight is 192 g/mol. The lowest BCUT2D eigenvalue weighted by Gasteiger charge is -2.17. The van der Waals surface area contributed by atoms with E-state index in [9.17, 15) is 0 Å². The first-order valence-corrected chi connectivity index (χ1v) is 5.29. The van der Waals surface area contributed by atoms with E-state index >= 15 is 0 Å². The molecule has 2 aliphatic carbocycles. The average Bonchev–Trinajstić information content (AvgIpc) is 2.54. The minimum Gasteiger partial charge on any atom is -0.0722 e. The van der Waals surface area contributed by atoms with Crippen LogP contribution < -0.4 is 0 Å². The maximum Gasteiger partial charge on any atom is -0.00821 e. The summed E-state index contributed by atoms with van der Waals surface area (Å²) in [6.45, 7) is 0. The Morgan fingerprint density at radius 1 is 0.933 bits per heavy atom. The summed E-state index contributed by atoms with van der Waals surface area (Å²) in [7, 11) is 0. The summed E-state index contributed by atoms with van der Waals surface area (Å²) >= 11 is 0. The van der Waals surface area contributed by atoms with Crippen LogP contribution in [0.15, 0.2) is 66.3 Å². The Kier molecular flexibility index (Phi) is 1.92. The third-order valence-corrected chi connectivity index (χ3v) is 2.92. The second kappa shape index (κ2) is 3.39. The predicted octanol–water partition coefficient (Wildman–Crippen LogP) is 3.68. The number of allylic oxidation sites excluding steroid dienone is 8. The van der Waals surface area contributed by atoms with Crippen molar-refractivity contribution in [2.45, 2.75) is 6.42 Å². The maximum absolute atomic E-state index is 2.30. The van der Waals surface area contributed by atoms with Gasteiger partial charge >= 0.3 is 0 Å². The van der Waals surface area contributed by atoms with Crippen LogP contribution >= 0.6 is 0 Å². The van der Waals surface area contributed by atoms with Gasteiger partial charge in [0.15, 0.2) is 0 Å². The Morgan fingerprint density at radius 2 is 1.87 bits per heavy atom. The van der Waals surface area contributed by atoms with Crippen molar-refractivity contribution in [1.29, 1.82) is 0 Å². The molecule has 15 heavy (non-hydrogen) atoms. The largest absolute Gasteiger partial charge is 0.0722 e. The van der Waals surface area contributed by atoms with Crippen LogP contribution in [0.5, 0.6) is 0 Å². The van der Waals surface area contributed by atoms with Gasteiger partial charge in [0.25, 0.3) is 0 Å². The molecule has 0 unspecified atom stereocenters. The molecule has 72 valence electrons. The van der Waals surface area contributed by atoms with Crippen LogP contribution in [0, 0.1) is 0 Å². The minimum atomic E-state index is 1.05. The molecule has 0 aliphatic heterocycles. The molecule has 0 atom stereocenters. The molecule has 0 amide bonds. The van der Waals surface area contributed by atoms with Crippen molar-refractivity contribution in [3.05, 3.63) is 77.4 Å². The molecule has 0 saturated carbocycles. The van der Waals surface area contributed by atoms with Crippen molar-refractivity contribution in [2.75, 3.05) is 0 Å². The van der Waals surface area contributed by atoms with Gasteiger partial charge in [0, 0.05) is 0 Å². The molecule has 0 radical (unpaired) electrons. The lowest BCUT2D eigenvalue weighted by Crippen LogP contribution is -2.00. The van der Waals surface area contributed by atoms with Crippen LogP contribution in [-0.2, 0) is 6.42 Å². The normalized spacial score (nSPS) is 17.3. The minimum absolute atomic E-state index is 1.05. The number of hydrogen-bond donors (Lipinski definition) is 0. The number of rotatable bonds is 0. The molecule has 2 aliphatic rings. The zero-order chi connectivity index (χ0) is 10.1. The molecular weight excluding hydrogens is 180 g/mol. The van der Waals surface area contributed by atoms with Crippen molar-refractivity contribution in [1.82, 2.24) is 0 Å². The molecule has 0 nitrogen and oxygen atoms in total. The number of benzene rings is 1. The Morgan fingerprint density at radius 3 is 2.87 bits per heavy atom. The van der Waals surface area contributed by atoms with Crippen LogP contribution in [-0.4, -0.2) is 0 Å². The highest BCUT2D eigenvalue weighted by atomic mass is 14.2. The highest BCUT2D eigenvalue weighted by Gasteiger charge is 2.14. The fraction of sp³-hybridized carbons (Fsp3) is 0.0667. The molecule has 0 spiro atoms. The molecule has 1 aromatic carbocycles. The van der Waals surface area contributed by atoms with Crippen LogP contribution in [0.2, 0.25) is 0 Å². The van der Waals surface area contributed by atoms with Gasteiger partial charge in [0.2, 0.25) is 0 Å². The van der Waals surface area contributed by atoms with E-state index in [1.165, 1.54) is 22.3 Å². The third-order valence-electron chi connectivity index (χ3n) is 2.92. The molecule has 0 bridgehead atoms. The third kappa shape index (κ3) is 1.39. The summed E-state index contributed by atoms with van der Waals surface area (Å²) in [5.74, 6) is 0. The first-order valence-electron chi connectivity index (χ1n) is 5.29. The standard InChI is InChI=1S/C15H12/c1-2-6-12-10-11-13-7-4-5-9-15(13)14(12)8-3-1/h1-10H,11H2. The van der Waals surface area contributed by atoms with Crippen molar-refractivity contribution in [2.24, 2.45) is 0 Å². The van der Waals surface area contributed by atoms with Crippen molar-refractivity contribution >= 4 is 5.57 Å². The first kappa shape index (κ1) is 8.49. The summed E-state index contributed by atoms with van der Waals surface area (Å²) in [6, 6.07) is 8.64. The summed E-state index contributed by atoms with van der Waals surface area (Å²) in [5.41, 5.74) is 5.50. The van der Waals surface area contributed by atoms with Gasteiger partial charge in [0.1, 0.15) is 0 Å². The lowest BCUT2D eigenvalue weighted by atomic mass is 9.87. The van der Waals surface area contributed by atoms with Gasteiger partial charge < -0.3 is 0 Å². The maximum atomic E-state index is 2.30. The number of fused-ring (bicyclic) bond motifs is 3. The smallest absolute Gasteiger partial charge is 0.00821 e. The molecule has 1 aromatic rings. The van der Waals surface area contributed by atoms with Crippen molar-refractivity contribution < 1.29 is 0 Å². The van der Waals surface area contributed by atoms with E-state index in [2.05, 4.69) is 60.7 Å². The molecule has 0 saturated heterocycles. The summed E-state index contributed by atoms with van der Waals surface area (Å²) in [5, 5.41) is 0. The quantitative estimate of drug-likeness (QED) is 0.588. The molecular formula is C15H12. The Hall–Kier alpha value is -1.82. The van der Waals surface area contributed by atoms with E-state index < -0.39 is 0 Å². The molecule has 0 aromatic heterocycles. The second-order valence-electron chi connectivity index (χ2n) is 3.85. The molecule has 0 heteroatoms. The summed E-state index contributed by atoms with van der Waals surface area (Å²) in [4.78, 5) is 0. The summed E-state index contributed by atoms with van der Waals surface area (Å²) in [6.07, 6.45) is 14.0. The van der Waals surface area contributed by atoms with Crippen LogP contribution in [0.1, 0.15) is 11.1 Å². The lowest BCUT2D eigenvalue weighted by molar-refractivity contribution is 1.21. The van der Waals surface area contributed by atoms with Crippen LogP contribution in [0.25, 0.3) is 5.57 Å². The van der Waals surface area contributed by atoms with E-state index in [1.54, 1.807) is 0 Å². The highest BCUT2D eigenvalue weighted by molar-refractivity contribution is 5.86. The van der Waals surface area contributed by atoms with Gasteiger partial charge in [-0.25, -0.2) is 0 Å². The van der Waals surface area contributed by atoms with Crippen molar-refractivity contribution in [3.63, 3.8) is 0 Å². The predicted molar refractivity (Wildman–Crippen MR) is 64.5 cm³/mol. The first-order chi connectivity index (χ1) is 7.45. The molecule has 0 fully saturated rings. The fourth-order valence-electron chi connectivity index (χ4n) is 2.17. The summed E-state index contributed by atoms with van der Waals surface area (Å²) < 4.78 is 0. The van der Waals surface area contributed by atoms with E-state index in [1.807, 2.05) is 0 Å². The Bertz CT molecular complexity index is 511. The van der Waals surface area contributed by atoms with Crippen molar-refractivity contribution in [3.8, 4) is 0 Å². The number of hydrogen-bond acceptors (Lipinski definition) is 0. The van der Waals surface area contributed by atoms with E-state index in [-0.39, 0.29) is 0 Å². The van der Waals surface area contributed by atoms with Gasteiger partial charge in [-0.2, -0.15) is 0 Å². The Labute approximate surface area is 89.9 Å². The second-order valence-corrected chi connectivity index (χ2v) is 3.85. The Balaban J connectivity index is 2.22. The van der Waals surface area contributed by atoms with Gasteiger partial charge in [-0.15, -0.1) is 0 Å². The van der Waals surface area contributed by atoms with Gasteiger partial charge in [-0.3, -0.25) is 0 Å². The van der Waals surface area contributed by atoms with Gasteiger partial charge in [0.05, 0.1) is 0 Å². The van der Waals surface area contributed by atoms with Crippen LogP contribution in [0.4, 0.5) is 0 Å². The molecule has 0 heterocycles. The van der Waals surface area contributed by atoms with E-state index in [0.717, 1.165) is 6.42 Å². The monoisotopic (exact) mass is 192 g/mol. The zero-order valence-corrected chi connectivity index (χ0v) is 8.48. The van der Waals surface area contributed by atoms with Gasteiger partial charge in [-0.1, -0.05) is 60.7 Å². The van der Waals surface area contributed by atoms with Crippen LogP contribution in [0.3, 0.4) is 0 Å². The van der Waals surface area contributed by atoms with E-state index in [4.69, 9.17) is 0 Å². The molecule has 0 N–H and O–H groups in total. The highest BCUT2D eigenvalue weighted by Crippen LogP contribution is 2.32. The van der Waals surface area contributed by atoms with E-state index in [0.29, 0.717) is 0 Å². The fourth-order valence-corrected chi connectivity index (χ4v) is 2.17. The topological polar surface area (TPSA) is 0 Å².